The van der Waals surface area contributed by atoms with E-state index in [-0.39, 0.29) is 5.91 Å². The van der Waals surface area contributed by atoms with Gasteiger partial charge in [-0.05, 0) is 30.7 Å². The Balaban J connectivity index is 2.18. The molecule has 4 nitrogen and oxygen atoms in total. The third-order valence-corrected chi connectivity index (χ3v) is 2.43. The average Bonchev–Trinajstić information content (AvgIpc) is 2.75. The van der Waals surface area contributed by atoms with Crippen LogP contribution in [0.5, 0.6) is 0 Å². The molecule has 2 N–H and O–H groups in total. The molecule has 0 bridgehead atoms. The molecule has 0 saturated heterocycles. The van der Waals surface area contributed by atoms with E-state index in [4.69, 9.17) is 11.6 Å². The molecule has 1 heterocycles. The number of aromatic nitrogens is 2. The van der Waals surface area contributed by atoms with Crippen LogP contribution in [-0.4, -0.2) is 16.1 Å². The zero-order chi connectivity index (χ0) is 11.5. The van der Waals surface area contributed by atoms with Crippen molar-refractivity contribution in [3.8, 4) is 0 Å². The molecule has 0 spiro atoms. The first-order valence-electron chi connectivity index (χ1n) is 4.73. The number of carbonyl (C=O) groups is 1. The lowest BCUT2D eigenvalue weighted by Crippen LogP contribution is -2.11. The number of aryl methyl sites for hydroxylation is 1. The minimum Gasteiger partial charge on any atom is -0.322 e. The minimum absolute atomic E-state index is 0.195. The molecule has 16 heavy (non-hydrogen) atoms. The summed E-state index contributed by atoms with van der Waals surface area (Å²) in [7, 11) is 0. The molecule has 5 heteroatoms. The van der Waals surface area contributed by atoms with Crippen LogP contribution in [0.1, 0.15) is 15.9 Å². The number of halogens is 1. The van der Waals surface area contributed by atoms with Gasteiger partial charge >= 0.3 is 0 Å². The second-order valence-electron chi connectivity index (χ2n) is 3.40. The summed E-state index contributed by atoms with van der Waals surface area (Å²) >= 11 is 5.83. The molecule has 82 valence electrons. The zero-order valence-electron chi connectivity index (χ0n) is 8.62. The summed E-state index contributed by atoms with van der Waals surface area (Å²) < 4.78 is 0. The van der Waals surface area contributed by atoms with E-state index in [9.17, 15) is 4.79 Å². The van der Waals surface area contributed by atoms with Crippen LogP contribution < -0.4 is 5.32 Å². The van der Waals surface area contributed by atoms with Crippen molar-refractivity contribution < 1.29 is 4.79 Å². The minimum atomic E-state index is -0.195. The lowest BCUT2D eigenvalue weighted by Gasteiger charge is -2.07. The Hall–Kier alpha value is -1.81. The highest BCUT2D eigenvalue weighted by Gasteiger charge is 2.08. The van der Waals surface area contributed by atoms with Crippen molar-refractivity contribution in [2.45, 2.75) is 6.92 Å². The van der Waals surface area contributed by atoms with Crippen LogP contribution >= 0.6 is 11.6 Å². The van der Waals surface area contributed by atoms with Gasteiger partial charge in [-0.1, -0.05) is 11.6 Å². The third kappa shape index (κ3) is 2.23. The number of anilines is 1. The topological polar surface area (TPSA) is 57.8 Å². The summed E-state index contributed by atoms with van der Waals surface area (Å²) in [5.74, 6) is -0.195. The van der Waals surface area contributed by atoms with E-state index in [0.29, 0.717) is 10.6 Å². The van der Waals surface area contributed by atoms with Crippen LogP contribution in [-0.2, 0) is 0 Å². The van der Waals surface area contributed by atoms with E-state index in [1.807, 2.05) is 6.92 Å². The number of H-pyrrole nitrogens is 1. The Bertz CT molecular complexity index is 508. The summed E-state index contributed by atoms with van der Waals surface area (Å²) in [6.45, 7) is 1.89. The molecule has 0 aliphatic carbocycles. The van der Waals surface area contributed by atoms with Crippen molar-refractivity contribution >= 4 is 23.2 Å². The first-order chi connectivity index (χ1) is 7.66. The van der Waals surface area contributed by atoms with Crippen molar-refractivity contribution in [3.05, 3.63) is 46.7 Å². The van der Waals surface area contributed by atoms with E-state index >= 15 is 0 Å². The van der Waals surface area contributed by atoms with Gasteiger partial charge in [-0.3, -0.25) is 9.89 Å². The van der Waals surface area contributed by atoms with E-state index in [1.165, 1.54) is 6.20 Å². The smallest absolute Gasteiger partial charge is 0.258 e. The van der Waals surface area contributed by atoms with E-state index in [2.05, 4.69) is 15.5 Å². The highest BCUT2D eigenvalue weighted by molar-refractivity contribution is 6.30. The number of rotatable bonds is 2. The highest BCUT2D eigenvalue weighted by atomic mass is 35.5. The molecular weight excluding hydrogens is 226 g/mol. The Kier molecular flexibility index (Phi) is 2.92. The van der Waals surface area contributed by atoms with Gasteiger partial charge in [0, 0.05) is 16.9 Å². The van der Waals surface area contributed by atoms with Crippen LogP contribution in [0.15, 0.2) is 30.6 Å². The van der Waals surface area contributed by atoms with Gasteiger partial charge in [-0.2, -0.15) is 5.10 Å². The fraction of sp³-hybridized carbons (Fsp3) is 0.0909. The Labute approximate surface area is 97.6 Å². The van der Waals surface area contributed by atoms with Gasteiger partial charge in [0.1, 0.15) is 0 Å². The van der Waals surface area contributed by atoms with Gasteiger partial charge in [0.15, 0.2) is 0 Å². The zero-order valence-corrected chi connectivity index (χ0v) is 9.38. The second-order valence-corrected chi connectivity index (χ2v) is 3.84. The molecule has 0 fully saturated rings. The molecule has 2 aromatic rings. The number of carbonyl (C=O) groups excluding carboxylic acids is 1. The van der Waals surface area contributed by atoms with Crippen LogP contribution in [0, 0.1) is 6.92 Å². The van der Waals surface area contributed by atoms with Crippen LogP contribution in [0.4, 0.5) is 5.69 Å². The molecule has 0 radical (unpaired) electrons. The van der Waals surface area contributed by atoms with E-state index < -0.39 is 0 Å². The fourth-order valence-electron chi connectivity index (χ4n) is 1.34. The van der Waals surface area contributed by atoms with E-state index in [1.54, 1.807) is 24.4 Å². The first kappa shape index (κ1) is 10.7. The molecule has 0 aliphatic rings. The summed E-state index contributed by atoms with van der Waals surface area (Å²) in [5, 5.41) is 9.74. The molecule has 0 atom stereocenters. The molecular formula is C11H10ClN3O. The molecule has 0 unspecified atom stereocenters. The predicted octanol–water partition coefficient (Wildman–Crippen LogP) is 2.62. The molecule has 0 aliphatic heterocycles. The maximum atomic E-state index is 11.7. The third-order valence-electron chi connectivity index (χ3n) is 2.20. The quantitative estimate of drug-likeness (QED) is 0.841. The van der Waals surface area contributed by atoms with Crippen LogP contribution in [0.3, 0.4) is 0 Å². The van der Waals surface area contributed by atoms with Gasteiger partial charge in [-0.25, -0.2) is 0 Å². The van der Waals surface area contributed by atoms with Gasteiger partial charge in [0.05, 0.1) is 11.8 Å². The number of aromatic amines is 1. The Morgan fingerprint density at radius 2 is 2.31 bits per heavy atom. The molecule has 2 rings (SSSR count). The maximum Gasteiger partial charge on any atom is 0.258 e. The van der Waals surface area contributed by atoms with Crippen molar-refractivity contribution in [1.82, 2.24) is 10.2 Å². The van der Waals surface area contributed by atoms with E-state index in [0.717, 1.165) is 11.3 Å². The summed E-state index contributed by atoms with van der Waals surface area (Å²) in [4.78, 5) is 11.7. The SMILES string of the molecule is Cc1cc(Cl)ccc1NC(=O)c1cn[nH]c1. The Morgan fingerprint density at radius 3 is 2.94 bits per heavy atom. The summed E-state index contributed by atoms with van der Waals surface area (Å²) in [6.07, 6.45) is 3.02. The van der Waals surface area contributed by atoms with Gasteiger partial charge in [-0.15, -0.1) is 0 Å². The normalized spacial score (nSPS) is 10.1. The number of nitrogens with zero attached hydrogens (tertiary/aromatic N) is 1. The summed E-state index contributed by atoms with van der Waals surface area (Å²) in [5.41, 5.74) is 2.16. The molecule has 1 aromatic heterocycles. The number of hydrogen-bond donors (Lipinski definition) is 2. The maximum absolute atomic E-state index is 11.7. The first-order valence-corrected chi connectivity index (χ1v) is 5.11. The standard InChI is InChI=1S/C11H10ClN3O/c1-7-4-9(12)2-3-10(7)15-11(16)8-5-13-14-6-8/h2-6H,1H3,(H,13,14)(H,15,16). The molecule has 1 amide bonds. The lowest BCUT2D eigenvalue weighted by atomic mass is 10.2. The molecule has 1 aromatic carbocycles. The van der Waals surface area contributed by atoms with Gasteiger partial charge < -0.3 is 5.32 Å². The largest absolute Gasteiger partial charge is 0.322 e. The number of nitrogens with one attached hydrogen (secondary N) is 2. The fourth-order valence-corrected chi connectivity index (χ4v) is 1.56. The van der Waals surface area contributed by atoms with Crippen molar-refractivity contribution in [2.75, 3.05) is 5.32 Å². The van der Waals surface area contributed by atoms with Crippen molar-refractivity contribution in [3.63, 3.8) is 0 Å². The average molecular weight is 236 g/mol. The monoisotopic (exact) mass is 235 g/mol. The van der Waals surface area contributed by atoms with Crippen molar-refractivity contribution in [1.29, 1.82) is 0 Å². The van der Waals surface area contributed by atoms with Crippen molar-refractivity contribution in [2.24, 2.45) is 0 Å². The Morgan fingerprint density at radius 1 is 1.50 bits per heavy atom. The number of benzene rings is 1. The number of amides is 1. The summed E-state index contributed by atoms with van der Waals surface area (Å²) in [6, 6.07) is 5.31. The van der Waals surface area contributed by atoms with Crippen LogP contribution in [0.2, 0.25) is 5.02 Å². The molecule has 0 saturated carbocycles. The second kappa shape index (κ2) is 4.37. The van der Waals surface area contributed by atoms with Gasteiger partial charge in [0.2, 0.25) is 0 Å². The van der Waals surface area contributed by atoms with Crippen LogP contribution in [0.25, 0.3) is 0 Å². The predicted molar refractivity (Wildman–Crippen MR) is 62.7 cm³/mol. The lowest BCUT2D eigenvalue weighted by molar-refractivity contribution is 0.102. The number of hydrogen-bond acceptors (Lipinski definition) is 2. The highest BCUT2D eigenvalue weighted by Crippen LogP contribution is 2.20. The van der Waals surface area contributed by atoms with Gasteiger partial charge in [0.25, 0.3) is 5.91 Å².